The molecule has 5 nitrogen and oxygen atoms in total. The van der Waals surface area contributed by atoms with Crippen LogP contribution in [0.5, 0.6) is 0 Å². The number of carbonyl (C=O) groups is 1. The Morgan fingerprint density at radius 3 is 2.76 bits per heavy atom. The molecule has 0 radical (unpaired) electrons. The van der Waals surface area contributed by atoms with Crippen molar-refractivity contribution in [2.24, 2.45) is 0 Å². The van der Waals surface area contributed by atoms with Crippen LogP contribution in [0.25, 0.3) is 6.08 Å². The number of hydrogen-bond acceptors (Lipinski definition) is 4. The maximum absolute atomic E-state index is 12.3. The van der Waals surface area contributed by atoms with E-state index < -0.39 is 9.84 Å². The SMILES string of the molecule is Cc1nn([C@H]2CCS(=O)(=O)C2)c(C)c1/C=C/C(=O)c1cccc(Cl)c1. The van der Waals surface area contributed by atoms with Crippen molar-refractivity contribution in [2.45, 2.75) is 26.3 Å². The molecule has 0 saturated carbocycles. The minimum Gasteiger partial charge on any atom is -0.289 e. The Morgan fingerprint density at radius 1 is 1.36 bits per heavy atom. The number of nitrogens with zero attached hydrogens (tertiary/aromatic N) is 2. The molecule has 1 aromatic carbocycles. The first-order valence-corrected chi connectivity index (χ1v) is 10.2. The Kier molecular flexibility index (Phi) is 4.84. The van der Waals surface area contributed by atoms with Crippen molar-refractivity contribution in [2.75, 3.05) is 11.5 Å². The van der Waals surface area contributed by atoms with E-state index in [1.165, 1.54) is 6.08 Å². The van der Waals surface area contributed by atoms with Crippen LogP contribution in [-0.2, 0) is 9.84 Å². The molecule has 0 aliphatic carbocycles. The van der Waals surface area contributed by atoms with Crippen LogP contribution in [0.2, 0.25) is 5.02 Å². The Balaban J connectivity index is 1.85. The molecule has 2 heterocycles. The van der Waals surface area contributed by atoms with Gasteiger partial charge in [0, 0.05) is 21.8 Å². The molecule has 1 aromatic heterocycles. The molecule has 0 amide bonds. The third-order valence-electron chi connectivity index (χ3n) is 4.45. The fraction of sp³-hybridized carbons (Fsp3) is 0.333. The zero-order chi connectivity index (χ0) is 18.2. The van der Waals surface area contributed by atoms with E-state index in [0.29, 0.717) is 17.0 Å². The lowest BCUT2D eigenvalue weighted by atomic mass is 10.1. The summed E-state index contributed by atoms with van der Waals surface area (Å²) < 4.78 is 25.2. The number of carbonyl (C=O) groups excluding carboxylic acids is 1. The van der Waals surface area contributed by atoms with Crippen molar-refractivity contribution in [3.8, 4) is 0 Å². The fourth-order valence-electron chi connectivity index (χ4n) is 3.14. The highest BCUT2D eigenvalue weighted by Gasteiger charge is 2.31. The first kappa shape index (κ1) is 17.9. The molecule has 1 saturated heterocycles. The van der Waals surface area contributed by atoms with Crippen LogP contribution < -0.4 is 0 Å². The smallest absolute Gasteiger partial charge is 0.185 e. The molecule has 3 rings (SSSR count). The van der Waals surface area contributed by atoms with Crippen LogP contribution in [0.1, 0.15) is 39.8 Å². The predicted molar refractivity (Wildman–Crippen MR) is 98.8 cm³/mol. The highest BCUT2D eigenvalue weighted by molar-refractivity contribution is 7.91. The molecule has 1 atom stereocenters. The van der Waals surface area contributed by atoms with Crippen molar-refractivity contribution in [1.29, 1.82) is 0 Å². The Hall–Kier alpha value is -1.92. The summed E-state index contributed by atoms with van der Waals surface area (Å²) >= 11 is 5.92. The van der Waals surface area contributed by atoms with Gasteiger partial charge in [-0.05, 0) is 44.6 Å². The number of hydrogen-bond donors (Lipinski definition) is 0. The molecule has 1 aliphatic heterocycles. The van der Waals surface area contributed by atoms with Gasteiger partial charge >= 0.3 is 0 Å². The van der Waals surface area contributed by atoms with Gasteiger partial charge in [-0.15, -0.1) is 0 Å². The second kappa shape index (κ2) is 6.77. The number of allylic oxidation sites excluding steroid dienone is 1. The summed E-state index contributed by atoms with van der Waals surface area (Å²) in [6, 6.07) is 6.66. The minimum absolute atomic E-state index is 0.125. The van der Waals surface area contributed by atoms with Crippen molar-refractivity contribution >= 4 is 33.3 Å². The summed E-state index contributed by atoms with van der Waals surface area (Å²) in [6.07, 6.45) is 3.81. The summed E-state index contributed by atoms with van der Waals surface area (Å²) in [7, 11) is -2.98. The molecular weight excluding hydrogens is 360 g/mol. The number of ketones is 1. The zero-order valence-electron chi connectivity index (χ0n) is 14.1. The third-order valence-corrected chi connectivity index (χ3v) is 6.43. The lowest BCUT2D eigenvalue weighted by Crippen LogP contribution is -2.13. The van der Waals surface area contributed by atoms with Gasteiger partial charge in [-0.25, -0.2) is 8.42 Å². The van der Waals surface area contributed by atoms with Gasteiger partial charge in [-0.1, -0.05) is 23.7 Å². The van der Waals surface area contributed by atoms with Crippen molar-refractivity contribution in [3.05, 3.63) is 57.9 Å². The summed E-state index contributed by atoms with van der Waals surface area (Å²) in [4.78, 5) is 12.3. The van der Waals surface area contributed by atoms with E-state index >= 15 is 0 Å². The number of rotatable bonds is 4. The fourth-order valence-corrected chi connectivity index (χ4v) is 5.02. The maximum atomic E-state index is 12.3. The molecule has 7 heteroatoms. The molecule has 1 fully saturated rings. The zero-order valence-corrected chi connectivity index (χ0v) is 15.6. The molecule has 0 spiro atoms. The topological polar surface area (TPSA) is 69.0 Å². The highest BCUT2D eigenvalue weighted by Crippen LogP contribution is 2.27. The van der Waals surface area contributed by atoms with Crippen LogP contribution in [0.15, 0.2) is 30.3 Å². The second-order valence-corrected chi connectivity index (χ2v) is 8.96. The van der Waals surface area contributed by atoms with Crippen LogP contribution in [0.4, 0.5) is 0 Å². The van der Waals surface area contributed by atoms with E-state index in [0.717, 1.165) is 17.0 Å². The van der Waals surface area contributed by atoms with Gasteiger partial charge in [-0.2, -0.15) is 5.10 Å². The van der Waals surface area contributed by atoms with E-state index in [1.807, 2.05) is 13.8 Å². The lowest BCUT2D eigenvalue weighted by molar-refractivity contribution is 0.104. The number of halogens is 1. The quantitative estimate of drug-likeness (QED) is 0.604. The Morgan fingerprint density at radius 2 is 2.12 bits per heavy atom. The molecule has 0 bridgehead atoms. The first-order chi connectivity index (χ1) is 11.8. The molecule has 0 N–H and O–H groups in total. The molecule has 1 aliphatic rings. The normalized spacial score (nSPS) is 19.6. The van der Waals surface area contributed by atoms with Gasteiger partial charge in [0.15, 0.2) is 15.6 Å². The van der Waals surface area contributed by atoms with Gasteiger partial charge in [0.25, 0.3) is 0 Å². The monoisotopic (exact) mass is 378 g/mol. The molecule has 132 valence electrons. The van der Waals surface area contributed by atoms with Crippen molar-refractivity contribution in [1.82, 2.24) is 9.78 Å². The first-order valence-electron chi connectivity index (χ1n) is 8.01. The van der Waals surface area contributed by atoms with E-state index in [1.54, 1.807) is 35.0 Å². The number of aromatic nitrogens is 2. The molecule has 2 aromatic rings. The van der Waals surface area contributed by atoms with Crippen LogP contribution in [0, 0.1) is 13.8 Å². The predicted octanol–water partition coefficient (Wildman–Crippen LogP) is 3.41. The van der Waals surface area contributed by atoms with Crippen LogP contribution >= 0.6 is 11.6 Å². The third kappa shape index (κ3) is 3.85. The van der Waals surface area contributed by atoms with Gasteiger partial charge < -0.3 is 0 Å². The van der Waals surface area contributed by atoms with E-state index in [4.69, 9.17) is 11.6 Å². The van der Waals surface area contributed by atoms with E-state index in [-0.39, 0.29) is 23.3 Å². The van der Waals surface area contributed by atoms with Crippen LogP contribution in [0.3, 0.4) is 0 Å². The molecule has 0 unspecified atom stereocenters. The average Bonchev–Trinajstić information content (AvgIpc) is 3.04. The summed E-state index contributed by atoms with van der Waals surface area (Å²) in [5.74, 6) is 0.186. The summed E-state index contributed by atoms with van der Waals surface area (Å²) in [6.45, 7) is 3.75. The molecule has 25 heavy (non-hydrogen) atoms. The second-order valence-electron chi connectivity index (χ2n) is 6.29. The highest BCUT2D eigenvalue weighted by atomic mass is 35.5. The van der Waals surface area contributed by atoms with Crippen LogP contribution in [-0.4, -0.2) is 35.5 Å². The summed E-state index contributed by atoms with van der Waals surface area (Å²) in [5.41, 5.74) is 3.01. The average molecular weight is 379 g/mol. The lowest BCUT2D eigenvalue weighted by Gasteiger charge is -2.10. The Bertz CT molecular complexity index is 961. The van der Waals surface area contributed by atoms with Gasteiger partial charge in [0.05, 0.1) is 23.2 Å². The van der Waals surface area contributed by atoms with E-state index in [9.17, 15) is 13.2 Å². The number of aryl methyl sites for hydroxylation is 1. The number of sulfone groups is 1. The summed E-state index contributed by atoms with van der Waals surface area (Å²) in [5, 5.41) is 5.01. The number of benzene rings is 1. The van der Waals surface area contributed by atoms with Gasteiger partial charge in [0.1, 0.15) is 0 Å². The van der Waals surface area contributed by atoms with Gasteiger partial charge in [0.2, 0.25) is 0 Å². The maximum Gasteiger partial charge on any atom is 0.185 e. The molecular formula is C18H19ClN2O3S. The van der Waals surface area contributed by atoms with Crippen molar-refractivity contribution in [3.63, 3.8) is 0 Å². The van der Waals surface area contributed by atoms with Gasteiger partial charge in [-0.3, -0.25) is 9.48 Å². The van der Waals surface area contributed by atoms with E-state index in [2.05, 4.69) is 5.10 Å². The minimum atomic E-state index is -2.98. The standard InChI is InChI=1S/C18H19ClN2O3S/c1-12-17(6-7-18(22)14-4-3-5-15(19)10-14)13(2)21(20-12)16-8-9-25(23,24)11-16/h3-7,10,16H,8-9,11H2,1-2H3/b7-6+/t16-/m0/s1. The Labute approximate surface area is 152 Å². The van der Waals surface area contributed by atoms with Crippen molar-refractivity contribution < 1.29 is 13.2 Å². The largest absolute Gasteiger partial charge is 0.289 e.